The molecule has 2 aromatic carbocycles. The number of rotatable bonds is 10. The summed E-state index contributed by atoms with van der Waals surface area (Å²) in [5.74, 6) is 1.52. The van der Waals surface area contributed by atoms with Crippen molar-refractivity contribution in [1.82, 2.24) is 15.4 Å². The van der Waals surface area contributed by atoms with Gasteiger partial charge in [0, 0.05) is 24.7 Å². The topological polar surface area (TPSA) is 91.8 Å². The quantitative estimate of drug-likeness (QED) is 0.385. The molecular formula is C23H34N4O3S. The third kappa shape index (κ3) is 8.59. The minimum absolute atomic E-state index is 0.0304. The third-order valence-corrected chi connectivity index (χ3v) is 5.99. The SMILES string of the molecule is CCNC(=NCc1ccc(CS(=O)(=O)NC(C)C)cc1)NCc1ccc(C)cc1OC. The summed E-state index contributed by atoms with van der Waals surface area (Å²) in [6.07, 6.45) is 0. The smallest absolute Gasteiger partial charge is 0.216 e. The molecule has 7 nitrogen and oxygen atoms in total. The van der Waals surface area contributed by atoms with Gasteiger partial charge in [-0.2, -0.15) is 0 Å². The Hall–Kier alpha value is -2.58. The summed E-state index contributed by atoms with van der Waals surface area (Å²) in [6, 6.07) is 13.5. The van der Waals surface area contributed by atoms with Gasteiger partial charge in [-0.1, -0.05) is 36.4 Å². The van der Waals surface area contributed by atoms with Gasteiger partial charge < -0.3 is 15.4 Å². The van der Waals surface area contributed by atoms with Crippen LogP contribution >= 0.6 is 0 Å². The van der Waals surface area contributed by atoms with Crippen molar-refractivity contribution < 1.29 is 13.2 Å². The molecule has 0 saturated carbocycles. The Balaban J connectivity index is 2.00. The van der Waals surface area contributed by atoms with Crippen molar-refractivity contribution in [3.63, 3.8) is 0 Å². The number of aryl methyl sites for hydroxylation is 1. The van der Waals surface area contributed by atoms with Gasteiger partial charge in [0.25, 0.3) is 0 Å². The summed E-state index contributed by atoms with van der Waals surface area (Å²) < 4.78 is 32.2. The molecule has 31 heavy (non-hydrogen) atoms. The lowest BCUT2D eigenvalue weighted by Crippen LogP contribution is -2.36. The molecule has 2 rings (SSSR count). The Labute approximate surface area is 186 Å². The Morgan fingerprint density at radius 2 is 1.74 bits per heavy atom. The highest BCUT2D eigenvalue weighted by Crippen LogP contribution is 2.19. The highest BCUT2D eigenvalue weighted by Gasteiger charge is 2.12. The van der Waals surface area contributed by atoms with E-state index in [-0.39, 0.29) is 11.8 Å². The van der Waals surface area contributed by atoms with E-state index in [1.807, 2.05) is 64.1 Å². The van der Waals surface area contributed by atoms with Gasteiger partial charge in [-0.05, 0) is 50.5 Å². The Bertz CT molecular complexity index is 971. The minimum Gasteiger partial charge on any atom is -0.496 e. The van der Waals surface area contributed by atoms with E-state index in [2.05, 4.69) is 26.4 Å². The second kappa shape index (κ2) is 11.7. The second-order valence-electron chi connectivity index (χ2n) is 7.71. The minimum atomic E-state index is -3.33. The zero-order valence-electron chi connectivity index (χ0n) is 19.0. The van der Waals surface area contributed by atoms with E-state index in [0.717, 1.165) is 34.5 Å². The van der Waals surface area contributed by atoms with E-state index in [1.54, 1.807) is 7.11 Å². The van der Waals surface area contributed by atoms with Crippen LogP contribution in [0.3, 0.4) is 0 Å². The summed E-state index contributed by atoms with van der Waals surface area (Å²) in [7, 11) is -1.66. The van der Waals surface area contributed by atoms with Gasteiger partial charge in [0.15, 0.2) is 5.96 Å². The molecule has 0 fully saturated rings. The average molecular weight is 447 g/mol. The van der Waals surface area contributed by atoms with Crippen LogP contribution < -0.4 is 20.1 Å². The molecular weight excluding hydrogens is 412 g/mol. The van der Waals surface area contributed by atoms with Crippen LogP contribution in [0.4, 0.5) is 0 Å². The number of sulfonamides is 1. The van der Waals surface area contributed by atoms with E-state index in [0.29, 0.717) is 19.0 Å². The van der Waals surface area contributed by atoms with Gasteiger partial charge in [0.1, 0.15) is 5.75 Å². The first-order chi connectivity index (χ1) is 14.7. The summed E-state index contributed by atoms with van der Waals surface area (Å²) in [4.78, 5) is 4.64. The maximum atomic E-state index is 12.1. The van der Waals surface area contributed by atoms with Gasteiger partial charge in [-0.15, -0.1) is 0 Å². The molecule has 0 radical (unpaired) electrons. The third-order valence-electron chi connectivity index (χ3n) is 4.45. The monoisotopic (exact) mass is 446 g/mol. The molecule has 0 atom stereocenters. The van der Waals surface area contributed by atoms with Crippen molar-refractivity contribution in [1.29, 1.82) is 0 Å². The first-order valence-electron chi connectivity index (χ1n) is 10.5. The van der Waals surface area contributed by atoms with Crippen LogP contribution in [-0.4, -0.2) is 34.1 Å². The predicted octanol–water partition coefficient (Wildman–Crippen LogP) is 3.09. The van der Waals surface area contributed by atoms with Gasteiger partial charge in [-0.25, -0.2) is 18.1 Å². The van der Waals surface area contributed by atoms with Crippen LogP contribution in [0.2, 0.25) is 0 Å². The molecule has 0 spiro atoms. The number of nitrogens with zero attached hydrogens (tertiary/aromatic N) is 1. The molecule has 0 aliphatic heterocycles. The van der Waals surface area contributed by atoms with Crippen LogP contribution in [-0.2, 0) is 28.9 Å². The molecule has 0 aromatic heterocycles. The second-order valence-corrected chi connectivity index (χ2v) is 9.47. The molecule has 0 aliphatic rings. The molecule has 8 heteroatoms. The average Bonchev–Trinajstić information content (AvgIpc) is 2.70. The van der Waals surface area contributed by atoms with Crippen molar-refractivity contribution in [2.75, 3.05) is 13.7 Å². The first-order valence-corrected chi connectivity index (χ1v) is 12.1. The van der Waals surface area contributed by atoms with E-state index in [4.69, 9.17) is 4.74 Å². The molecule has 170 valence electrons. The standard InChI is InChI=1S/C23H34N4O3S/c1-6-24-23(26-15-21-12-7-18(4)13-22(21)30-5)25-14-19-8-10-20(11-9-19)16-31(28,29)27-17(2)3/h7-13,17,27H,6,14-16H2,1-5H3,(H2,24,25,26). The molecule has 0 saturated heterocycles. The largest absolute Gasteiger partial charge is 0.496 e. The fourth-order valence-electron chi connectivity index (χ4n) is 3.05. The van der Waals surface area contributed by atoms with Crippen LogP contribution in [0.5, 0.6) is 5.75 Å². The number of hydrogen-bond acceptors (Lipinski definition) is 4. The van der Waals surface area contributed by atoms with Crippen molar-refractivity contribution in [2.24, 2.45) is 4.99 Å². The Morgan fingerprint density at radius 1 is 1.06 bits per heavy atom. The van der Waals surface area contributed by atoms with E-state index < -0.39 is 10.0 Å². The molecule has 0 unspecified atom stereocenters. The Morgan fingerprint density at radius 3 is 2.35 bits per heavy atom. The number of nitrogens with one attached hydrogen (secondary N) is 3. The zero-order valence-corrected chi connectivity index (χ0v) is 19.8. The normalized spacial score (nSPS) is 12.1. The summed E-state index contributed by atoms with van der Waals surface area (Å²) in [5.41, 5.74) is 3.96. The van der Waals surface area contributed by atoms with Crippen LogP contribution in [0.25, 0.3) is 0 Å². The van der Waals surface area contributed by atoms with Gasteiger partial charge >= 0.3 is 0 Å². The number of benzene rings is 2. The maximum Gasteiger partial charge on any atom is 0.216 e. The summed E-state index contributed by atoms with van der Waals surface area (Å²) in [5, 5.41) is 6.58. The van der Waals surface area contributed by atoms with Crippen LogP contribution in [0.1, 0.15) is 43.0 Å². The van der Waals surface area contributed by atoms with Gasteiger partial charge in [-0.3, -0.25) is 0 Å². The summed E-state index contributed by atoms with van der Waals surface area (Å²) >= 11 is 0. The van der Waals surface area contributed by atoms with Crippen LogP contribution in [0, 0.1) is 6.92 Å². The number of ether oxygens (including phenoxy) is 1. The highest BCUT2D eigenvalue weighted by molar-refractivity contribution is 7.88. The van der Waals surface area contributed by atoms with Crippen molar-refractivity contribution in [2.45, 2.75) is 52.6 Å². The fraction of sp³-hybridized carbons (Fsp3) is 0.435. The maximum absolute atomic E-state index is 12.1. The zero-order chi connectivity index (χ0) is 22.9. The van der Waals surface area contributed by atoms with Gasteiger partial charge in [0.2, 0.25) is 10.0 Å². The number of guanidine groups is 1. The number of methoxy groups -OCH3 is 1. The first kappa shape index (κ1) is 24.7. The van der Waals surface area contributed by atoms with E-state index in [1.165, 1.54) is 0 Å². The van der Waals surface area contributed by atoms with Crippen molar-refractivity contribution in [3.05, 3.63) is 64.7 Å². The molecule has 0 bridgehead atoms. The lowest BCUT2D eigenvalue weighted by atomic mass is 10.1. The highest BCUT2D eigenvalue weighted by atomic mass is 32.2. The molecule has 0 heterocycles. The fourth-order valence-corrected chi connectivity index (χ4v) is 4.48. The molecule has 0 aliphatic carbocycles. The lowest BCUT2D eigenvalue weighted by molar-refractivity contribution is 0.408. The molecule has 2 aromatic rings. The van der Waals surface area contributed by atoms with Crippen molar-refractivity contribution in [3.8, 4) is 5.75 Å². The van der Waals surface area contributed by atoms with E-state index >= 15 is 0 Å². The van der Waals surface area contributed by atoms with E-state index in [9.17, 15) is 8.42 Å². The number of aliphatic imine (C=N–C) groups is 1. The van der Waals surface area contributed by atoms with Crippen molar-refractivity contribution >= 4 is 16.0 Å². The number of hydrogen-bond donors (Lipinski definition) is 3. The molecule has 3 N–H and O–H groups in total. The molecule has 0 amide bonds. The van der Waals surface area contributed by atoms with Crippen LogP contribution in [0.15, 0.2) is 47.5 Å². The Kier molecular flexibility index (Phi) is 9.33. The summed E-state index contributed by atoms with van der Waals surface area (Å²) in [6.45, 7) is 9.49. The van der Waals surface area contributed by atoms with Gasteiger partial charge in [0.05, 0.1) is 19.4 Å². The lowest BCUT2D eigenvalue weighted by Gasteiger charge is -2.14. The predicted molar refractivity (Wildman–Crippen MR) is 127 cm³/mol.